The minimum absolute atomic E-state index is 0.0505. The van der Waals surface area contributed by atoms with Gasteiger partial charge in [-0.05, 0) is 56.6 Å². The average Bonchev–Trinajstić information content (AvgIpc) is 3.52. The van der Waals surface area contributed by atoms with Gasteiger partial charge < -0.3 is 19.9 Å². The number of thiophene rings is 1. The van der Waals surface area contributed by atoms with Crippen LogP contribution in [0.2, 0.25) is 0 Å². The Hall–Kier alpha value is -2.35. The fraction of sp³-hybridized carbons (Fsp3) is 0.458. The van der Waals surface area contributed by atoms with E-state index in [-0.39, 0.29) is 5.91 Å². The lowest BCUT2D eigenvalue weighted by molar-refractivity contribution is 0.0946. The number of ether oxygens (including phenoxy) is 1. The average molecular weight is 439 g/mol. The van der Waals surface area contributed by atoms with Crippen LogP contribution in [0.1, 0.15) is 39.3 Å². The maximum absolute atomic E-state index is 12.8. The van der Waals surface area contributed by atoms with Crippen LogP contribution in [0.25, 0.3) is 10.2 Å². The third-order valence-electron chi connectivity index (χ3n) is 6.36. The van der Waals surface area contributed by atoms with Gasteiger partial charge >= 0.3 is 0 Å². The molecule has 1 aromatic carbocycles. The molecule has 6 nitrogen and oxygen atoms in total. The molecule has 0 atom stereocenters. The molecule has 4 heterocycles. The first-order valence-corrected chi connectivity index (χ1v) is 12.0. The zero-order chi connectivity index (χ0) is 21.2. The molecular weight excluding hydrogens is 408 g/mol. The molecule has 2 aromatic heterocycles. The van der Waals surface area contributed by atoms with Gasteiger partial charge in [-0.2, -0.15) is 0 Å². The van der Waals surface area contributed by atoms with E-state index < -0.39 is 0 Å². The smallest absolute Gasteiger partial charge is 0.268 e. The van der Waals surface area contributed by atoms with Crippen LogP contribution in [0.4, 0.5) is 5.69 Å². The number of H-pyrrole nitrogens is 1. The maximum Gasteiger partial charge on any atom is 0.268 e. The number of hydrogen-bond acceptors (Lipinski definition) is 5. The number of amides is 1. The number of aromatic nitrogens is 1. The molecule has 2 saturated heterocycles. The number of nitrogens with one attached hydrogen (secondary N) is 2. The van der Waals surface area contributed by atoms with Gasteiger partial charge in [0.15, 0.2) is 0 Å². The Balaban J connectivity index is 1.22. The van der Waals surface area contributed by atoms with Gasteiger partial charge in [0.05, 0.1) is 23.4 Å². The summed E-state index contributed by atoms with van der Waals surface area (Å²) >= 11 is 1.78. The fourth-order valence-electron chi connectivity index (χ4n) is 4.54. The van der Waals surface area contributed by atoms with Crippen molar-refractivity contribution in [2.75, 3.05) is 44.3 Å². The number of carbonyl (C=O) groups excluding carboxylic acids is 1. The van der Waals surface area contributed by atoms with E-state index in [0.29, 0.717) is 12.2 Å². The van der Waals surface area contributed by atoms with E-state index in [1.165, 1.54) is 46.8 Å². The molecule has 164 valence electrons. The number of fused-ring (bicyclic) bond motifs is 1. The van der Waals surface area contributed by atoms with Crippen molar-refractivity contribution in [3.05, 3.63) is 52.0 Å². The highest BCUT2D eigenvalue weighted by atomic mass is 32.1. The van der Waals surface area contributed by atoms with Crippen molar-refractivity contribution >= 4 is 33.1 Å². The molecule has 2 N–H and O–H groups in total. The number of morpholine rings is 1. The van der Waals surface area contributed by atoms with Gasteiger partial charge in [-0.1, -0.05) is 12.1 Å². The summed E-state index contributed by atoms with van der Waals surface area (Å²) in [7, 11) is 0. The summed E-state index contributed by atoms with van der Waals surface area (Å²) in [5, 5.41) is 3.06. The Morgan fingerprint density at radius 2 is 1.87 bits per heavy atom. The molecule has 7 heteroatoms. The summed E-state index contributed by atoms with van der Waals surface area (Å²) < 4.78 is 6.59. The molecule has 0 bridgehead atoms. The Bertz CT molecular complexity index is 1040. The van der Waals surface area contributed by atoms with Gasteiger partial charge in [0.1, 0.15) is 5.69 Å². The van der Waals surface area contributed by atoms with Crippen LogP contribution in [0, 0.1) is 6.92 Å². The van der Waals surface area contributed by atoms with Crippen molar-refractivity contribution in [2.24, 2.45) is 0 Å². The minimum Gasteiger partial charge on any atom is -0.378 e. The van der Waals surface area contributed by atoms with Crippen LogP contribution in [0.3, 0.4) is 0 Å². The fourth-order valence-corrected chi connectivity index (χ4v) is 5.62. The lowest BCUT2D eigenvalue weighted by atomic mass is 10.2. The lowest BCUT2D eigenvalue weighted by Crippen LogP contribution is -2.36. The molecule has 0 saturated carbocycles. The number of carbonyl (C=O) groups is 1. The molecular formula is C24H30N4O2S. The van der Waals surface area contributed by atoms with Crippen LogP contribution >= 0.6 is 11.3 Å². The van der Waals surface area contributed by atoms with Gasteiger partial charge in [-0.3, -0.25) is 9.69 Å². The van der Waals surface area contributed by atoms with Crippen molar-refractivity contribution in [3.8, 4) is 0 Å². The normalized spacial score (nSPS) is 17.5. The summed E-state index contributed by atoms with van der Waals surface area (Å²) in [6, 6.07) is 10.4. The van der Waals surface area contributed by atoms with Crippen molar-refractivity contribution in [1.29, 1.82) is 0 Å². The van der Waals surface area contributed by atoms with Gasteiger partial charge in [0.25, 0.3) is 5.91 Å². The van der Waals surface area contributed by atoms with Crippen LogP contribution in [0.15, 0.2) is 30.3 Å². The Morgan fingerprint density at radius 1 is 1.13 bits per heavy atom. The van der Waals surface area contributed by atoms with Gasteiger partial charge in [-0.15, -0.1) is 11.3 Å². The molecule has 0 spiro atoms. The first-order valence-electron chi connectivity index (χ1n) is 11.2. The van der Waals surface area contributed by atoms with Crippen LogP contribution in [-0.2, 0) is 17.8 Å². The van der Waals surface area contributed by atoms with Crippen molar-refractivity contribution < 1.29 is 9.53 Å². The topological polar surface area (TPSA) is 60.6 Å². The highest BCUT2D eigenvalue weighted by molar-refractivity contribution is 7.19. The van der Waals surface area contributed by atoms with E-state index in [0.717, 1.165) is 43.9 Å². The van der Waals surface area contributed by atoms with Gasteiger partial charge in [0.2, 0.25) is 0 Å². The molecule has 0 unspecified atom stereocenters. The summed E-state index contributed by atoms with van der Waals surface area (Å²) in [6.07, 6.45) is 2.58. The highest BCUT2D eigenvalue weighted by Crippen LogP contribution is 2.32. The van der Waals surface area contributed by atoms with Crippen LogP contribution in [0.5, 0.6) is 0 Å². The zero-order valence-electron chi connectivity index (χ0n) is 18.1. The molecule has 1 amide bonds. The maximum atomic E-state index is 12.8. The monoisotopic (exact) mass is 438 g/mol. The van der Waals surface area contributed by atoms with Crippen molar-refractivity contribution in [2.45, 2.75) is 32.9 Å². The first-order chi connectivity index (χ1) is 15.2. The SMILES string of the molecule is Cc1sc2cc(C(=O)NCc3ccc(N4CCOCC4)cc3)[nH]c2c1CN1CCCC1. The second-order valence-electron chi connectivity index (χ2n) is 8.49. The molecule has 31 heavy (non-hydrogen) atoms. The van der Waals surface area contributed by atoms with Gasteiger partial charge in [0, 0.05) is 42.3 Å². The number of benzene rings is 1. The number of hydrogen-bond donors (Lipinski definition) is 2. The second-order valence-corrected chi connectivity index (χ2v) is 9.75. The molecule has 5 rings (SSSR count). The standard InChI is InChI=1S/C24H30N4O2S/c1-17-20(16-27-8-2-3-9-27)23-22(31-17)14-21(26-23)24(29)25-15-18-4-6-19(7-5-18)28-10-12-30-13-11-28/h4-7,14,26H,2-3,8-13,15-16H2,1H3,(H,25,29). The minimum atomic E-state index is -0.0505. The number of anilines is 1. The Kier molecular flexibility index (Phi) is 5.98. The Morgan fingerprint density at radius 3 is 2.61 bits per heavy atom. The Labute approximate surface area is 187 Å². The van der Waals surface area contributed by atoms with E-state index in [1.54, 1.807) is 11.3 Å². The first kappa shape index (κ1) is 20.5. The number of nitrogens with zero attached hydrogens (tertiary/aromatic N) is 2. The largest absolute Gasteiger partial charge is 0.378 e. The van der Waals surface area contributed by atoms with Crippen molar-refractivity contribution in [1.82, 2.24) is 15.2 Å². The number of aromatic amines is 1. The predicted molar refractivity (Wildman–Crippen MR) is 126 cm³/mol. The summed E-state index contributed by atoms with van der Waals surface area (Å²) in [4.78, 5) is 22.4. The van der Waals surface area contributed by atoms with Gasteiger partial charge in [-0.25, -0.2) is 0 Å². The molecule has 0 radical (unpaired) electrons. The quantitative estimate of drug-likeness (QED) is 0.613. The molecule has 2 fully saturated rings. The lowest BCUT2D eigenvalue weighted by Gasteiger charge is -2.28. The van der Waals surface area contributed by atoms with Crippen LogP contribution < -0.4 is 10.2 Å². The summed E-state index contributed by atoms with van der Waals surface area (Å²) in [5.74, 6) is -0.0505. The van der Waals surface area contributed by atoms with E-state index in [9.17, 15) is 4.79 Å². The molecule has 3 aromatic rings. The van der Waals surface area contributed by atoms with E-state index in [1.807, 2.05) is 6.07 Å². The highest BCUT2D eigenvalue weighted by Gasteiger charge is 2.19. The van der Waals surface area contributed by atoms with Crippen LogP contribution in [-0.4, -0.2) is 55.2 Å². The summed E-state index contributed by atoms with van der Waals surface area (Å²) in [5.41, 5.74) is 5.44. The number of likely N-dealkylation sites (tertiary alicyclic amines) is 1. The third-order valence-corrected chi connectivity index (χ3v) is 7.46. The second kappa shape index (κ2) is 9.02. The molecule has 2 aliphatic rings. The van der Waals surface area contributed by atoms with E-state index in [4.69, 9.17) is 4.74 Å². The molecule has 0 aliphatic carbocycles. The summed E-state index contributed by atoms with van der Waals surface area (Å²) in [6.45, 7) is 9.46. The van der Waals surface area contributed by atoms with E-state index >= 15 is 0 Å². The van der Waals surface area contributed by atoms with E-state index in [2.05, 4.69) is 51.3 Å². The van der Waals surface area contributed by atoms with Crippen molar-refractivity contribution in [3.63, 3.8) is 0 Å². The number of aryl methyl sites for hydroxylation is 1. The zero-order valence-corrected chi connectivity index (χ0v) is 18.9. The predicted octanol–water partition coefficient (Wildman–Crippen LogP) is 3.90. The third kappa shape index (κ3) is 4.49. The molecule has 2 aliphatic heterocycles. The number of rotatable bonds is 6.